The lowest BCUT2D eigenvalue weighted by molar-refractivity contribution is -0.123. The van der Waals surface area contributed by atoms with Crippen LogP contribution in [-0.4, -0.2) is 37.7 Å². The first-order chi connectivity index (χ1) is 13.2. The van der Waals surface area contributed by atoms with E-state index in [1.54, 1.807) is 24.3 Å². The number of hydrogen-bond acceptors (Lipinski definition) is 4. The normalized spacial score (nSPS) is 15.9. The van der Waals surface area contributed by atoms with E-state index in [9.17, 15) is 9.59 Å². The van der Waals surface area contributed by atoms with Crippen LogP contribution in [0.5, 0.6) is 5.75 Å². The van der Waals surface area contributed by atoms with Crippen molar-refractivity contribution in [2.75, 3.05) is 19.8 Å². The summed E-state index contributed by atoms with van der Waals surface area (Å²) < 4.78 is 11.0. The molecule has 1 atom stereocenters. The summed E-state index contributed by atoms with van der Waals surface area (Å²) in [5, 5.41) is 5.67. The van der Waals surface area contributed by atoms with Gasteiger partial charge in [-0.15, -0.1) is 0 Å². The van der Waals surface area contributed by atoms with E-state index in [0.717, 1.165) is 25.0 Å². The van der Waals surface area contributed by atoms with Crippen molar-refractivity contribution in [2.45, 2.75) is 25.5 Å². The molecule has 6 heteroatoms. The van der Waals surface area contributed by atoms with Crippen LogP contribution in [0.25, 0.3) is 0 Å². The van der Waals surface area contributed by atoms with Crippen molar-refractivity contribution < 1.29 is 19.1 Å². The van der Waals surface area contributed by atoms with Gasteiger partial charge in [-0.3, -0.25) is 9.59 Å². The zero-order chi connectivity index (χ0) is 18.9. The maximum Gasteiger partial charge on any atom is 0.258 e. The van der Waals surface area contributed by atoms with Gasteiger partial charge in [0.05, 0.1) is 6.10 Å². The van der Waals surface area contributed by atoms with Crippen molar-refractivity contribution in [3.05, 3.63) is 65.7 Å². The van der Waals surface area contributed by atoms with Crippen molar-refractivity contribution in [1.82, 2.24) is 10.6 Å². The second-order valence-electron chi connectivity index (χ2n) is 6.42. The summed E-state index contributed by atoms with van der Waals surface area (Å²) in [6.45, 7) is 1.62. The van der Waals surface area contributed by atoms with Crippen LogP contribution in [0.3, 0.4) is 0 Å². The molecule has 3 rings (SSSR count). The zero-order valence-corrected chi connectivity index (χ0v) is 15.1. The Morgan fingerprint density at radius 2 is 1.93 bits per heavy atom. The SMILES string of the molecule is O=C(COc1cccc(C(=O)NCc2ccccc2)c1)NCC1CCCO1. The average Bonchev–Trinajstić information content (AvgIpc) is 3.23. The highest BCUT2D eigenvalue weighted by Crippen LogP contribution is 2.14. The Kier molecular flexibility index (Phi) is 6.82. The van der Waals surface area contributed by atoms with Crippen LogP contribution in [0.15, 0.2) is 54.6 Å². The van der Waals surface area contributed by atoms with Crippen molar-refractivity contribution in [2.24, 2.45) is 0 Å². The van der Waals surface area contributed by atoms with E-state index >= 15 is 0 Å². The summed E-state index contributed by atoms with van der Waals surface area (Å²) >= 11 is 0. The van der Waals surface area contributed by atoms with Crippen molar-refractivity contribution >= 4 is 11.8 Å². The number of carbonyl (C=O) groups is 2. The monoisotopic (exact) mass is 368 g/mol. The van der Waals surface area contributed by atoms with E-state index in [2.05, 4.69) is 10.6 Å². The fraction of sp³-hybridized carbons (Fsp3) is 0.333. The molecule has 0 aliphatic carbocycles. The Labute approximate surface area is 158 Å². The lowest BCUT2D eigenvalue weighted by Gasteiger charge is -2.12. The van der Waals surface area contributed by atoms with Crippen LogP contribution >= 0.6 is 0 Å². The molecular formula is C21H24N2O4. The van der Waals surface area contributed by atoms with Gasteiger partial charge >= 0.3 is 0 Å². The second kappa shape index (κ2) is 9.73. The van der Waals surface area contributed by atoms with Gasteiger partial charge in [-0.2, -0.15) is 0 Å². The third-order valence-corrected chi connectivity index (χ3v) is 4.31. The summed E-state index contributed by atoms with van der Waals surface area (Å²) in [5.74, 6) is 0.0891. The van der Waals surface area contributed by atoms with E-state index in [0.29, 0.717) is 24.4 Å². The van der Waals surface area contributed by atoms with E-state index in [1.165, 1.54) is 0 Å². The summed E-state index contributed by atoms with van der Waals surface area (Å²) in [4.78, 5) is 24.2. The number of rotatable bonds is 8. The molecule has 0 saturated carbocycles. The molecule has 1 aliphatic heterocycles. The molecule has 2 aromatic carbocycles. The lowest BCUT2D eigenvalue weighted by Crippen LogP contribution is -2.35. The molecule has 0 spiro atoms. The Hall–Kier alpha value is -2.86. The number of carbonyl (C=O) groups excluding carboxylic acids is 2. The minimum absolute atomic E-state index is 0.0954. The van der Waals surface area contributed by atoms with E-state index in [1.807, 2.05) is 30.3 Å². The molecule has 0 radical (unpaired) electrons. The average molecular weight is 368 g/mol. The zero-order valence-electron chi connectivity index (χ0n) is 15.1. The Balaban J connectivity index is 1.44. The van der Waals surface area contributed by atoms with E-state index in [4.69, 9.17) is 9.47 Å². The molecule has 1 aliphatic rings. The smallest absolute Gasteiger partial charge is 0.258 e. The molecule has 2 N–H and O–H groups in total. The van der Waals surface area contributed by atoms with Gasteiger partial charge in [-0.05, 0) is 36.6 Å². The van der Waals surface area contributed by atoms with Gasteiger partial charge in [-0.25, -0.2) is 0 Å². The van der Waals surface area contributed by atoms with Gasteiger partial charge in [0.15, 0.2) is 6.61 Å². The Bertz CT molecular complexity index is 758. The van der Waals surface area contributed by atoms with Crippen LogP contribution in [0, 0.1) is 0 Å². The maximum atomic E-state index is 12.3. The van der Waals surface area contributed by atoms with E-state index in [-0.39, 0.29) is 24.5 Å². The highest BCUT2D eigenvalue weighted by molar-refractivity contribution is 5.94. The fourth-order valence-electron chi connectivity index (χ4n) is 2.84. The van der Waals surface area contributed by atoms with Crippen molar-refractivity contribution in [1.29, 1.82) is 0 Å². The quantitative estimate of drug-likeness (QED) is 0.750. The van der Waals surface area contributed by atoms with Crippen LogP contribution in [0.1, 0.15) is 28.8 Å². The maximum absolute atomic E-state index is 12.3. The molecule has 1 saturated heterocycles. The first-order valence-corrected chi connectivity index (χ1v) is 9.14. The molecule has 0 bridgehead atoms. The number of ether oxygens (including phenoxy) is 2. The first kappa shape index (κ1) is 18.9. The number of benzene rings is 2. The largest absolute Gasteiger partial charge is 0.484 e. The summed E-state index contributed by atoms with van der Waals surface area (Å²) in [5.41, 5.74) is 1.52. The molecule has 1 fully saturated rings. The standard InChI is InChI=1S/C21H24N2O4/c24-20(22-14-19-10-5-11-26-19)15-27-18-9-4-8-17(12-18)21(25)23-13-16-6-2-1-3-7-16/h1-4,6-9,12,19H,5,10-11,13-15H2,(H,22,24)(H,23,25). The van der Waals surface area contributed by atoms with Gasteiger partial charge < -0.3 is 20.1 Å². The molecule has 2 aromatic rings. The third-order valence-electron chi connectivity index (χ3n) is 4.31. The molecule has 2 amide bonds. The van der Waals surface area contributed by atoms with Gasteiger partial charge in [-0.1, -0.05) is 36.4 Å². The van der Waals surface area contributed by atoms with Crippen LogP contribution in [-0.2, 0) is 16.1 Å². The highest BCUT2D eigenvalue weighted by atomic mass is 16.5. The Morgan fingerprint density at radius 1 is 1.07 bits per heavy atom. The fourth-order valence-corrected chi connectivity index (χ4v) is 2.84. The topological polar surface area (TPSA) is 76.7 Å². The number of nitrogens with one attached hydrogen (secondary N) is 2. The van der Waals surface area contributed by atoms with Crippen LogP contribution in [0.2, 0.25) is 0 Å². The van der Waals surface area contributed by atoms with Gasteiger partial charge in [0.25, 0.3) is 11.8 Å². The van der Waals surface area contributed by atoms with Gasteiger partial charge in [0.1, 0.15) is 5.75 Å². The van der Waals surface area contributed by atoms with Crippen LogP contribution < -0.4 is 15.4 Å². The van der Waals surface area contributed by atoms with E-state index < -0.39 is 0 Å². The van der Waals surface area contributed by atoms with Gasteiger partial charge in [0.2, 0.25) is 0 Å². The van der Waals surface area contributed by atoms with Crippen molar-refractivity contribution in [3.63, 3.8) is 0 Å². The van der Waals surface area contributed by atoms with Crippen LogP contribution in [0.4, 0.5) is 0 Å². The minimum Gasteiger partial charge on any atom is -0.484 e. The molecule has 1 heterocycles. The lowest BCUT2D eigenvalue weighted by atomic mass is 10.2. The molecular weight excluding hydrogens is 344 g/mol. The number of hydrogen-bond donors (Lipinski definition) is 2. The van der Waals surface area contributed by atoms with Crippen molar-refractivity contribution in [3.8, 4) is 5.75 Å². The molecule has 0 aromatic heterocycles. The van der Waals surface area contributed by atoms with Gasteiger partial charge in [0, 0.05) is 25.3 Å². The summed E-state index contributed by atoms with van der Waals surface area (Å²) in [6.07, 6.45) is 2.11. The molecule has 142 valence electrons. The predicted molar refractivity (Wildman–Crippen MR) is 102 cm³/mol. The summed E-state index contributed by atoms with van der Waals surface area (Å²) in [6, 6.07) is 16.5. The Morgan fingerprint density at radius 3 is 2.70 bits per heavy atom. The second-order valence-corrected chi connectivity index (χ2v) is 6.42. The molecule has 6 nitrogen and oxygen atoms in total. The first-order valence-electron chi connectivity index (χ1n) is 9.14. The summed E-state index contributed by atoms with van der Waals surface area (Å²) in [7, 11) is 0. The minimum atomic E-state index is -0.204. The molecule has 27 heavy (non-hydrogen) atoms. The molecule has 1 unspecified atom stereocenters. The number of amides is 2. The predicted octanol–water partition coefficient (Wildman–Crippen LogP) is 2.29. The third kappa shape index (κ3) is 6.11. The highest BCUT2D eigenvalue weighted by Gasteiger charge is 2.16.